The molecule has 2 N–H and O–H groups in total. The molecule has 1 atom stereocenters. The van der Waals surface area contributed by atoms with Crippen LogP contribution in [-0.2, 0) is 11.2 Å². The van der Waals surface area contributed by atoms with E-state index in [0.717, 1.165) is 31.5 Å². The number of amides is 1. The Hall–Kier alpha value is -1.35. The predicted octanol–water partition coefficient (Wildman–Crippen LogP) is 1.94. The molecule has 86 valence electrons. The largest absolute Gasteiger partial charge is 0.324 e. The first-order valence-electron chi connectivity index (χ1n) is 5.93. The lowest BCUT2D eigenvalue weighted by atomic mass is 10.1. The number of rotatable bonds is 3. The number of hydrogen-bond donors (Lipinski definition) is 2. The van der Waals surface area contributed by atoms with Crippen molar-refractivity contribution in [1.29, 1.82) is 0 Å². The monoisotopic (exact) mass is 218 g/mol. The maximum Gasteiger partial charge on any atom is 0.241 e. The van der Waals surface area contributed by atoms with Gasteiger partial charge in [-0.1, -0.05) is 25.1 Å². The van der Waals surface area contributed by atoms with Crippen molar-refractivity contribution in [3.05, 3.63) is 29.8 Å². The summed E-state index contributed by atoms with van der Waals surface area (Å²) in [5.74, 6) is 0.0957. The predicted molar refractivity (Wildman–Crippen MR) is 65.5 cm³/mol. The molecule has 0 unspecified atom stereocenters. The smallest absolute Gasteiger partial charge is 0.241 e. The van der Waals surface area contributed by atoms with Crippen LogP contribution in [0.5, 0.6) is 0 Å². The van der Waals surface area contributed by atoms with E-state index in [-0.39, 0.29) is 11.9 Å². The van der Waals surface area contributed by atoms with Gasteiger partial charge in [-0.15, -0.1) is 0 Å². The third kappa shape index (κ3) is 2.42. The number of aryl methyl sites for hydroxylation is 1. The Kier molecular flexibility index (Phi) is 3.57. The molecule has 1 aromatic rings. The first-order valence-corrected chi connectivity index (χ1v) is 5.93. The Labute approximate surface area is 96.2 Å². The van der Waals surface area contributed by atoms with Gasteiger partial charge in [0, 0.05) is 5.69 Å². The molecule has 16 heavy (non-hydrogen) atoms. The number of nitrogens with one attached hydrogen (secondary N) is 2. The molecule has 1 aliphatic heterocycles. The van der Waals surface area contributed by atoms with Gasteiger partial charge in [-0.05, 0) is 37.4 Å². The van der Waals surface area contributed by atoms with Crippen LogP contribution in [0.4, 0.5) is 5.69 Å². The second kappa shape index (κ2) is 5.12. The fourth-order valence-corrected chi connectivity index (χ4v) is 2.08. The molecule has 2 rings (SSSR count). The molecule has 0 spiro atoms. The van der Waals surface area contributed by atoms with Crippen LogP contribution in [0.3, 0.4) is 0 Å². The van der Waals surface area contributed by atoms with Gasteiger partial charge < -0.3 is 10.6 Å². The molecule has 0 bridgehead atoms. The SMILES string of the molecule is CCc1ccccc1NC(=O)[C@@H]1CCCN1. The Morgan fingerprint density at radius 3 is 3.00 bits per heavy atom. The molecule has 0 saturated carbocycles. The van der Waals surface area contributed by atoms with Crippen LogP contribution in [-0.4, -0.2) is 18.5 Å². The second-order valence-electron chi connectivity index (χ2n) is 4.15. The summed E-state index contributed by atoms with van der Waals surface area (Å²) in [6.45, 7) is 3.05. The van der Waals surface area contributed by atoms with Crippen LogP contribution in [0, 0.1) is 0 Å². The zero-order valence-corrected chi connectivity index (χ0v) is 9.62. The van der Waals surface area contributed by atoms with Crippen LogP contribution in [0.15, 0.2) is 24.3 Å². The molecule has 3 heteroatoms. The summed E-state index contributed by atoms with van der Waals surface area (Å²) in [6.07, 6.45) is 2.97. The van der Waals surface area contributed by atoms with E-state index in [2.05, 4.69) is 23.6 Å². The van der Waals surface area contributed by atoms with Gasteiger partial charge in [0.05, 0.1) is 6.04 Å². The fourth-order valence-electron chi connectivity index (χ4n) is 2.08. The van der Waals surface area contributed by atoms with Gasteiger partial charge in [-0.2, -0.15) is 0 Å². The number of carbonyl (C=O) groups excluding carboxylic acids is 1. The molecule has 3 nitrogen and oxygen atoms in total. The van der Waals surface area contributed by atoms with E-state index < -0.39 is 0 Å². The molecule has 1 aromatic carbocycles. The minimum Gasteiger partial charge on any atom is -0.324 e. The molecule has 1 heterocycles. The lowest BCUT2D eigenvalue weighted by Gasteiger charge is -2.13. The van der Waals surface area contributed by atoms with E-state index in [0.29, 0.717) is 0 Å². The topological polar surface area (TPSA) is 41.1 Å². The van der Waals surface area contributed by atoms with Crippen molar-refractivity contribution >= 4 is 11.6 Å². The number of para-hydroxylation sites is 1. The van der Waals surface area contributed by atoms with E-state index in [1.54, 1.807) is 0 Å². The summed E-state index contributed by atoms with van der Waals surface area (Å²) < 4.78 is 0. The highest BCUT2D eigenvalue weighted by Gasteiger charge is 2.22. The highest BCUT2D eigenvalue weighted by atomic mass is 16.2. The van der Waals surface area contributed by atoms with E-state index >= 15 is 0 Å². The van der Waals surface area contributed by atoms with E-state index in [1.807, 2.05) is 18.2 Å². The van der Waals surface area contributed by atoms with Gasteiger partial charge in [0.1, 0.15) is 0 Å². The first kappa shape index (κ1) is 11.1. The van der Waals surface area contributed by atoms with Crippen molar-refractivity contribution in [1.82, 2.24) is 5.32 Å². The Morgan fingerprint density at radius 2 is 2.31 bits per heavy atom. The zero-order valence-electron chi connectivity index (χ0n) is 9.62. The summed E-state index contributed by atoms with van der Waals surface area (Å²) in [6, 6.07) is 7.97. The van der Waals surface area contributed by atoms with Gasteiger partial charge in [0.25, 0.3) is 0 Å². The number of hydrogen-bond acceptors (Lipinski definition) is 2. The third-order valence-corrected chi connectivity index (χ3v) is 3.03. The van der Waals surface area contributed by atoms with Gasteiger partial charge in [0.15, 0.2) is 0 Å². The lowest BCUT2D eigenvalue weighted by Crippen LogP contribution is -2.35. The van der Waals surface area contributed by atoms with Gasteiger partial charge in [0.2, 0.25) is 5.91 Å². The van der Waals surface area contributed by atoms with E-state index in [4.69, 9.17) is 0 Å². The maximum absolute atomic E-state index is 11.9. The van der Waals surface area contributed by atoms with Gasteiger partial charge in [-0.3, -0.25) is 4.79 Å². The normalized spacial score (nSPS) is 19.7. The molecule has 0 aromatic heterocycles. The van der Waals surface area contributed by atoms with Gasteiger partial charge >= 0.3 is 0 Å². The number of anilines is 1. The summed E-state index contributed by atoms with van der Waals surface area (Å²) >= 11 is 0. The average molecular weight is 218 g/mol. The van der Waals surface area contributed by atoms with Crippen molar-refractivity contribution in [3.63, 3.8) is 0 Å². The third-order valence-electron chi connectivity index (χ3n) is 3.03. The average Bonchev–Trinajstić information content (AvgIpc) is 2.83. The highest BCUT2D eigenvalue weighted by Crippen LogP contribution is 2.16. The summed E-state index contributed by atoms with van der Waals surface area (Å²) in [5.41, 5.74) is 2.14. The molecule has 1 saturated heterocycles. The van der Waals surface area contributed by atoms with Crippen LogP contribution in [0.1, 0.15) is 25.3 Å². The lowest BCUT2D eigenvalue weighted by molar-refractivity contribution is -0.117. The second-order valence-corrected chi connectivity index (χ2v) is 4.15. The zero-order chi connectivity index (χ0) is 11.4. The van der Waals surface area contributed by atoms with Gasteiger partial charge in [-0.25, -0.2) is 0 Å². The van der Waals surface area contributed by atoms with Crippen LogP contribution in [0.25, 0.3) is 0 Å². The van der Waals surface area contributed by atoms with Crippen molar-refractivity contribution in [3.8, 4) is 0 Å². The minimum absolute atomic E-state index is 0.00934. The Morgan fingerprint density at radius 1 is 1.50 bits per heavy atom. The Bertz CT molecular complexity index is 370. The van der Waals surface area contributed by atoms with Crippen molar-refractivity contribution in [2.75, 3.05) is 11.9 Å². The quantitative estimate of drug-likeness (QED) is 0.814. The number of benzene rings is 1. The molecule has 1 fully saturated rings. The molecule has 1 aliphatic rings. The van der Waals surface area contributed by atoms with Crippen LogP contribution in [0.2, 0.25) is 0 Å². The summed E-state index contributed by atoms with van der Waals surface area (Å²) in [7, 11) is 0. The molecule has 0 radical (unpaired) electrons. The van der Waals surface area contributed by atoms with Crippen LogP contribution < -0.4 is 10.6 Å². The molecular formula is C13H18N2O. The van der Waals surface area contributed by atoms with Crippen molar-refractivity contribution in [2.45, 2.75) is 32.2 Å². The van der Waals surface area contributed by atoms with E-state index in [9.17, 15) is 4.79 Å². The van der Waals surface area contributed by atoms with E-state index in [1.165, 1.54) is 5.56 Å². The molecule has 1 amide bonds. The van der Waals surface area contributed by atoms with Crippen molar-refractivity contribution in [2.24, 2.45) is 0 Å². The standard InChI is InChI=1S/C13H18N2O/c1-2-10-6-3-4-7-11(10)15-13(16)12-8-5-9-14-12/h3-4,6-7,12,14H,2,5,8-9H2,1H3,(H,15,16)/t12-/m0/s1. The molecular weight excluding hydrogens is 200 g/mol. The summed E-state index contributed by atoms with van der Waals surface area (Å²) in [4.78, 5) is 11.9. The first-order chi connectivity index (χ1) is 7.81. The highest BCUT2D eigenvalue weighted by molar-refractivity contribution is 5.95. The fraction of sp³-hybridized carbons (Fsp3) is 0.462. The molecule has 0 aliphatic carbocycles. The minimum atomic E-state index is -0.00934. The van der Waals surface area contributed by atoms with Crippen molar-refractivity contribution < 1.29 is 4.79 Å². The maximum atomic E-state index is 11.9. The number of carbonyl (C=O) groups is 1. The van der Waals surface area contributed by atoms with Crippen LogP contribution >= 0.6 is 0 Å². The summed E-state index contributed by atoms with van der Waals surface area (Å²) in [5, 5.41) is 6.20. The Balaban J connectivity index is 2.05.